The quantitative estimate of drug-likeness (QED) is 0.851. The first kappa shape index (κ1) is 13.7. The molecule has 0 atom stereocenters. The highest BCUT2D eigenvalue weighted by atomic mass is 16.1. The Labute approximate surface area is 103 Å². The number of nitrogens with zero attached hydrogens (tertiary/aromatic N) is 2. The molecule has 1 aromatic heterocycles. The Morgan fingerprint density at radius 3 is 2.47 bits per heavy atom. The van der Waals surface area contributed by atoms with Crippen LogP contribution in [-0.2, 0) is 11.3 Å². The lowest BCUT2D eigenvalue weighted by molar-refractivity contribution is -0.121. The third-order valence-electron chi connectivity index (χ3n) is 2.98. The first-order valence-electron chi connectivity index (χ1n) is 6.19. The number of aromatic nitrogens is 2. The molecule has 0 saturated heterocycles. The van der Waals surface area contributed by atoms with E-state index < -0.39 is 0 Å². The predicted octanol–water partition coefficient (Wildman–Crippen LogP) is 1.97. The Morgan fingerprint density at radius 1 is 1.35 bits per heavy atom. The van der Waals surface area contributed by atoms with Crippen molar-refractivity contribution >= 4 is 5.91 Å². The van der Waals surface area contributed by atoms with Gasteiger partial charge in [0.15, 0.2) is 0 Å². The van der Waals surface area contributed by atoms with Crippen LogP contribution in [0.15, 0.2) is 0 Å². The molecule has 0 aromatic carbocycles. The van der Waals surface area contributed by atoms with E-state index in [1.165, 1.54) is 11.3 Å². The van der Waals surface area contributed by atoms with E-state index in [-0.39, 0.29) is 5.91 Å². The van der Waals surface area contributed by atoms with Crippen LogP contribution in [0, 0.1) is 26.7 Å². The number of amides is 1. The lowest BCUT2D eigenvalue weighted by Crippen LogP contribution is -2.28. The number of carbonyl (C=O) groups excluding carboxylic acids is 1. The fourth-order valence-electron chi connectivity index (χ4n) is 1.75. The van der Waals surface area contributed by atoms with Crippen molar-refractivity contribution in [1.29, 1.82) is 0 Å². The fourth-order valence-corrected chi connectivity index (χ4v) is 1.75. The van der Waals surface area contributed by atoms with E-state index in [4.69, 9.17) is 0 Å². The van der Waals surface area contributed by atoms with Gasteiger partial charge in [0, 0.05) is 18.7 Å². The monoisotopic (exact) mass is 237 g/mol. The summed E-state index contributed by atoms with van der Waals surface area (Å²) in [6.07, 6.45) is 0.593. The lowest BCUT2D eigenvalue weighted by atomic mass is 10.1. The van der Waals surface area contributed by atoms with Gasteiger partial charge in [0.25, 0.3) is 0 Å². The summed E-state index contributed by atoms with van der Waals surface area (Å²) in [5, 5.41) is 7.35. The van der Waals surface area contributed by atoms with Crippen LogP contribution in [0.3, 0.4) is 0 Å². The topological polar surface area (TPSA) is 46.9 Å². The van der Waals surface area contributed by atoms with Crippen LogP contribution in [0.4, 0.5) is 0 Å². The Morgan fingerprint density at radius 2 is 2.00 bits per heavy atom. The molecule has 1 rings (SSSR count). The van der Waals surface area contributed by atoms with E-state index in [9.17, 15) is 4.79 Å². The van der Waals surface area contributed by atoms with E-state index in [1.54, 1.807) is 0 Å². The maximum absolute atomic E-state index is 11.5. The van der Waals surface area contributed by atoms with Crippen LogP contribution in [0.5, 0.6) is 0 Å². The minimum atomic E-state index is 0.123. The summed E-state index contributed by atoms with van der Waals surface area (Å²) >= 11 is 0. The molecule has 4 nitrogen and oxygen atoms in total. The molecule has 4 heteroatoms. The van der Waals surface area contributed by atoms with Crippen molar-refractivity contribution in [3.8, 4) is 0 Å². The van der Waals surface area contributed by atoms with Gasteiger partial charge in [0.1, 0.15) is 0 Å². The standard InChI is InChI=1S/C13H23N3O/c1-9(2)8-13(17)14-6-7-16-12(5)10(3)11(4)15-16/h9H,6-8H2,1-5H3,(H,14,17). The first-order valence-corrected chi connectivity index (χ1v) is 6.19. The molecule has 0 radical (unpaired) electrons. The van der Waals surface area contributed by atoms with Crippen LogP contribution in [0.25, 0.3) is 0 Å². The van der Waals surface area contributed by atoms with E-state index >= 15 is 0 Å². The minimum absolute atomic E-state index is 0.123. The number of aryl methyl sites for hydroxylation is 1. The molecular formula is C13H23N3O. The molecule has 0 aliphatic carbocycles. The van der Waals surface area contributed by atoms with E-state index in [2.05, 4.69) is 24.3 Å². The number of rotatable bonds is 5. The maximum Gasteiger partial charge on any atom is 0.220 e. The van der Waals surface area contributed by atoms with E-state index in [1.807, 2.05) is 25.5 Å². The third kappa shape index (κ3) is 3.88. The van der Waals surface area contributed by atoms with E-state index in [0.717, 1.165) is 12.2 Å². The third-order valence-corrected chi connectivity index (χ3v) is 2.98. The average molecular weight is 237 g/mol. The number of nitrogens with one attached hydrogen (secondary N) is 1. The van der Waals surface area contributed by atoms with Crippen molar-refractivity contribution < 1.29 is 4.79 Å². The van der Waals surface area contributed by atoms with Crippen LogP contribution in [0.1, 0.15) is 37.2 Å². The molecule has 0 aliphatic heterocycles. The van der Waals surface area contributed by atoms with Crippen LogP contribution in [0.2, 0.25) is 0 Å². The second-order valence-electron chi connectivity index (χ2n) is 4.97. The van der Waals surface area contributed by atoms with Gasteiger partial charge < -0.3 is 5.32 Å². The maximum atomic E-state index is 11.5. The highest BCUT2D eigenvalue weighted by Crippen LogP contribution is 2.10. The molecule has 1 heterocycles. The molecule has 96 valence electrons. The van der Waals surface area contributed by atoms with Crippen molar-refractivity contribution in [1.82, 2.24) is 15.1 Å². The molecule has 0 fully saturated rings. The zero-order valence-corrected chi connectivity index (χ0v) is 11.5. The van der Waals surface area contributed by atoms with Crippen LogP contribution >= 0.6 is 0 Å². The van der Waals surface area contributed by atoms with Crippen molar-refractivity contribution in [3.05, 3.63) is 17.0 Å². The number of hydrogen-bond acceptors (Lipinski definition) is 2. The molecule has 0 bridgehead atoms. The Hall–Kier alpha value is -1.32. The molecule has 0 unspecified atom stereocenters. The molecule has 0 spiro atoms. The normalized spacial score (nSPS) is 10.9. The number of carbonyl (C=O) groups is 1. The van der Waals surface area contributed by atoms with Gasteiger partial charge in [0.2, 0.25) is 5.91 Å². The summed E-state index contributed by atoms with van der Waals surface area (Å²) < 4.78 is 1.96. The van der Waals surface area contributed by atoms with Gasteiger partial charge in [-0.2, -0.15) is 5.10 Å². The minimum Gasteiger partial charge on any atom is -0.354 e. The highest BCUT2D eigenvalue weighted by molar-refractivity contribution is 5.75. The Kier molecular flexibility index (Phi) is 4.73. The molecular weight excluding hydrogens is 214 g/mol. The summed E-state index contributed by atoms with van der Waals surface area (Å²) in [5.74, 6) is 0.532. The molecule has 17 heavy (non-hydrogen) atoms. The van der Waals surface area contributed by atoms with Gasteiger partial charge in [-0.3, -0.25) is 9.48 Å². The number of hydrogen-bond donors (Lipinski definition) is 1. The fraction of sp³-hybridized carbons (Fsp3) is 0.692. The highest BCUT2D eigenvalue weighted by Gasteiger charge is 2.07. The Bertz CT molecular complexity index is 394. The molecule has 1 N–H and O–H groups in total. The van der Waals surface area contributed by atoms with Crippen LogP contribution in [-0.4, -0.2) is 22.2 Å². The van der Waals surface area contributed by atoms with Gasteiger partial charge in [-0.05, 0) is 32.3 Å². The summed E-state index contributed by atoms with van der Waals surface area (Å²) in [6.45, 7) is 11.6. The van der Waals surface area contributed by atoms with Gasteiger partial charge in [-0.25, -0.2) is 0 Å². The van der Waals surface area contributed by atoms with Crippen molar-refractivity contribution in [2.45, 2.75) is 47.6 Å². The molecule has 1 aromatic rings. The second kappa shape index (κ2) is 5.84. The second-order valence-corrected chi connectivity index (χ2v) is 4.97. The van der Waals surface area contributed by atoms with Crippen LogP contribution < -0.4 is 5.32 Å². The van der Waals surface area contributed by atoms with Crippen molar-refractivity contribution in [2.75, 3.05) is 6.54 Å². The predicted molar refractivity (Wildman–Crippen MR) is 68.9 cm³/mol. The molecule has 1 amide bonds. The van der Waals surface area contributed by atoms with Gasteiger partial charge in [0.05, 0.1) is 12.2 Å². The SMILES string of the molecule is Cc1nn(CCNC(=O)CC(C)C)c(C)c1C. The zero-order valence-electron chi connectivity index (χ0n) is 11.5. The van der Waals surface area contributed by atoms with Gasteiger partial charge in [-0.15, -0.1) is 0 Å². The van der Waals surface area contributed by atoms with Gasteiger partial charge >= 0.3 is 0 Å². The first-order chi connectivity index (χ1) is 7.91. The molecule has 0 aliphatic rings. The van der Waals surface area contributed by atoms with Crippen molar-refractivity contribution in [2.24, 2.45) is 5.92 Å². The summed E-state index contributed by atoms with van der Waals surface area (Å²) in [4.78, 5) is 11.5. The lowest BCUT2D eigenvalue weighted by Gasteiger charge is -2.08. The largest absolute Gasteiger partial charge is 0.354 e. The molecule has 0 saturated carbocycles. The van der Waals surface area contributed by atoms with Gasteiger partial charge in [-0.1, -0.05) is 13.8 Å². The van der Waals surface area contributed by atoms with E-state index in [0.29, 0.717) is 18.9 Å². The van der Waals surface area contributed by atoms with Crippen molar-refractivity contribution in [3.63, 3.8) is 0 Å². The zero-order chi connectivity index (χ0) is 13.0. The summed E-state index contributed by atoms with van der Waals surface area (Å²) in [5.41, 5.74) is 3.48. The summed E-state index contributed by atoms with van der Waals surface area (Å²) in [7, 11) is 0. The average Bonchev–Trinajstić information content (AvgIpc) is 2.45. The summed E-state index contributed by atoms with van der Waals surface area (Å²) in [6, 6.07) is 0. The smallest absolute Gasteiger partial charge is 0.220 e. The Balaban J connectivity index is 2.41.